The van der Waals surface area contributed by atoms with E-state index in [2.05, 4.69) is 16.9 Å². The van der Waals surface area contributed by atoms with Gasteiger partial charge in [-0.25, -0.2) is 4.98 Å². The second-order valence-electron chi connectivity index (χ2n) is 6.17. The third kappa shape index (κ3) is 3.57. The lowest BCUT2D eigenvalue weighted by atomic mass is 9.99. The van der Waals surface area contributed by atoms with Crippen molar-refractivity contribution in [3.63, 3.8) is 0 Å². The first kappa shape index (κ1) is 18.7. The van der Waals surface area contributed by atoms with Gasteiger partial charge in [0.1, 0.15) is 11.6 Å². The molecule has 0 unspecified atom stereocenters. The van der Waals surface area contributed by atoms with E-state index in [1.165, 1.54) is 0 Å². The molecule has 0 bridgehead atoms. The van der Waals surface area contributed by atoms with Crippen molar-refractivity contribution < 1.29 is 9.53 Å². The second kappa shape index (κ2) is 7.68. The topological polar surface area (TPSA) is 127 Å². The summed E-state index contributed by atoms with van der Waals surface area (Å²) in [5.74, 6) is 0.103. The van der Waals surface area contributed by atoms with Crippen molar-refractivity contribution >= 4 is 28.2 Å². The summed E-state index contributed by atoms with van der Waals surface area (Å²) in [6.45, 7) is 3.99. The van der Waals surface area contributed by atoms with Crippen molar-refractivity contribution in [1.82, 2.24) is 4.98 Å². The first-order valence-corrected chi connectivity index (χ1v) is 8.42. The molecule has 0 spiro atoms. The molecule has 1 heterocycles. The summed E-state index contributed by atoms with van der Waals surface area (Å²) in [5, 5.41) is 14.1. The summed E-state index contributed by atoms with van der Waals surface area (Å²) < 4.78 is 5.47. The SMILES string of the molecule is C=C(C#N)CNc1c(OC)ccc2ccc(-c3cnc(N)c(C(N)=O)c3)cc12. The van der Waals surface area contributed by atoms with Crippen LogP contribution in [0.15, 0.2) is 54.7 Å². The summed E-state index contributed by atoms with van der Waals surface area (Å²) in [6.07, 6.45) is 1.59. The number of nitrogens with zero attached hydrogens (tertiary/aromatic N) is 2. The quantitative estimate of drug-likeness (QED) is 0.570. The number of nitrogens with one attached hydrogen (secondary N) is 1. The predicted molar refractivity (Wildman–Crippen MR) is 110 cm³/mol. The Morgan fingerprint density at radius 2 is 2.04 bits per heavy atom. The average molecular weight is 373 g/mol. The number of aromatic nitrogens is 1. The third-order valence-electron chi connectivity index (χ3n) is 4.36. The van der Waals surface area contributed by atoms with E-state index in [1.807, 2.05) is 36.4 Å². The number of ether oxygens (including phenoxy) is 1. The summed E-state index contributed by atoms with van der Waals surface area (Å²) in [7, 11) is 1.58. The van der Waals surface area contributed by atoms with Crippen molar-refractivity contribution in [3.05, 3.63) is 60.3 Å². The summed E-state index contributed by atoms with van der Waals surface area (Å²) in [4.78, 5) is 15.6. The summed E-state index contributed by atoms with van der Waals surface area (Å²) in [6, 6.07) is 13.3. The maximum Gasteiger partial charge on any atom is 0.252 e. The standard InChI is InChI=1S/C21H19N5O2/c1-12(9-22)10-25-19-16-7-14(4-3-13(16)5-6-18(19)28-2)15-8-17(21(24)27)20(23)26-11-15/h3-8,11,25H,1,10H2,2H3,(H2,23,26)(H2,24,27). The van der Waals surface area contributed by atoms with Crippen molar-refractivity contribution in [2.45, 2.75) is 0 Å². The highest BCUT2D eigenvalue weighted by atomic mass is 16.5. The van der Waals surface area contributed by atoms with Crippen LogP contribution >= 0.6 is 0 Å². The van der Waals surface area contributed by atoms with Crippen LogP contribution in [0.2, 0.25) is 0 Å². The molecule has 7 nitrogen and oxygen atoms in total. The molecule has 0 saturated heterocycles. The molecule has 7 heteroatoms. The van der Waals surface area contributed by atoms with Gasteiger partial charge in [-0.1, -0.05) is 24.8 Å². The highest BCUT2D eigenvalue weighted by Gasteiger charge is 2.13. The number of methoxy groups -OCH3 is 1. The lowest BCUT2D eigenvalue weighted by Gasteiger charge is -2.15. The number of anilines is 2. The van der Waals surface area contributed by atoms with E-state index in [4.69, 9.17) is 21.5 Å². The zero-order valence-electron chi connectivity index (χ0n) is 15.3. The molecule has 2 aromatic carbocycles. The maximum atomic E-state index is 11.6. The molecule has 0 atom stereocenters. The largest absolute Gasteiger partial charge is 0.495 e. The predicted octanol–water partition coefficient (Wildman–Crippen LogP) is 3.08. The molecule has 0 aliphatic heterocycles. The third-order valence-corrected chi connectivity index (χ3v) is 4.36. The Labute approximate surface area is 162 Å². The molecular weight excluding hydrogens is 354 g/mol. The minimum atomic E-state index is -0.633. The highest BCUT2D eigenvalue weighted by Crippen LogP contribution is 2.36. The molecule has 28 heavy (non-hydrogen) atoms. The number of nitrogens with two attached hydrogens (primary N) is 2. The van der Waals surface area contributed by atoms with Gasteiger partial charge in [-0.15, -0.1) is 0 Å². The van der Waals surface area contributed by atoms with Crippen molar-refractivity contribution in [1.29, 1.82) is 5.26 Å². The minimum Gasteiger partial charge on any atom is -0.495 e. The number of amides is 1. The van der Waals surface area contributed by atoms with Crippen LogP contribution in [-0.2, 0) is 0 Å². The molecule has 5 N–H and O–H groups in total. The molecular formula is C21H19N5O2. The number of nitrogen functional groups attached to an aromatic ring is 1. The Morgan fingerprint density at radius 3 is 2.71 bits per heavy atom. The van der Waals surface area contributed by atoms with Gasteiger partial charge in [-0.05, 0) is 29.1 Å². The molecule has 3 aromatic rings. The zero-order valence-corrected chi connectivity index (χ0v) is 15.3. The normalized spacial score (nSPS) is 10.3. The summed E-state index contributed by atoms with van der Waals surface area (Å²) >= 11 is 0. The fraction of sp³-hybridized carbons (Fsp3) is 0.0952. The molecule has 1 aromatic heterocycles. The van der Waals surface area contributed by atoms with Gasteiger partial charge in [0.15, 0.2) is 0 Å². The van der Waals surface area contributed by atoms with Crippen LogP contribution in [0.5, 0.6) is 5.75 Å². The number of benzene rings is 2. The van der Waals surface area contributed by atoms with Gasteiger partial charge >= 0.3 is 0 Å². The highest BCUT2D eigenvalue weighted by molar-refractivity contribution is 6.01. The lowest BCUT2D eigenvalue weighted by Crippen LogP contribution is -2.14. The molecule has 0 radical (unpaired) electrons. The van der Waals surface area contributed by atoms with E-state index in [0.29, 0.717) is 23.4 Å². The van der Waals surface area contributed by atoms with E-state index < -0.39 is 5.91 Å². The van der Waals surface area contributed by atoms with Crippen LogP contribution in [0.3, 0.4) is 0 Å². The van der Waals surface area contributed by atoms with Gasteiger partial charge in [0.05, 0.1) is 24.4 Å². The molecule has 0 aliphatic rings. The van der Waals surface area contributed by atoms with Gasteiger partial charge in [0.25, 0.3) is 5.91 Å². The van der Waals surface area contributed by atoms with E-state index in [0.717, 1.165) is 22.0 Å². The Bertz CT molecular complexity index is 1130. The number of fused-ring (bicyclic) bond motifs is 1. The van der Waals surface area contributed by atoms with Crippen LogP contribution < -0.4 is 21.5 Å². The molecule has 0 aliphatic carbocycles. The maximum absolute atomic E-state index is 11.6. The molecule has 140 valence electrons. The first-order valence-electron chi connectivity index (χ1n) is 8.42. The average Bonchev–Trinajstić information content (AvgIpc) is 2.71. The van der Waals surface area contributed by atoms with Crippen LogP contribution in [0.1, 0.15) is 10.4 Å². The molecule has 0 saturated carbocycles. The number of rotatable bonds is 6. The monoisotopic (exact) mass is 373 g/mol. The number of nitriles is 1. The van der Waals surface area contributed by atoms with Crippen LogP contribution in [0.4, 0.5) is 11.5 Å². The van der Waals surface area contributed by atoms with Crippen molar-refractivity contribution in [3.8, 4) is 22.9 Å². The minimum absolute atomic E-state index is 0.0936. The number of hydrogen-bond donors (Lipinski definition) is 3. The fourth-order valence-electron chi connectivity index (χ4n) is 2.90. The second-order valence-corrected chi connectivity index (χ2v) is 6.17. The molecule has 0 fully saturated rings. The van der Waals surface area contributed by atoms with Gasteiger partial charge in [-0.2, -0.15) is 5.26 Å². The van der Waals surface area contributed by atoms with Crippen LogP contribution in [0.25, 0.3) is 21.9 Å². The Balaban J connectivity index is 2.14. The Morgan fingerprint density at radius 1 is 1.29 bits per heavy atom. The molecule has 1 amide bonds. The molecule has 3 rings (SSSR count). The van der Waals surface area contributed by atoms with Crippen LogP contribution in [0, 0.1) is 11.3 Å². The van der Waals surface area contributed by atoms with Gasteiger partial charge < -0.3 is 21.5 Å². The first-order chi connectivity index (χ1) is 13.4. The van der Waals surface area contributed by atoms with E-state index in [-0.39, 0.29) is 11.4 Å². The zero-order chi connectivity index (χ0) is 20.3. The van der Waals surface area contributed by atoms with Crippen molar-refractivity contribution in [2.75, 3.05) is 24.7 Å². The Hall–Kier alpha value is -4.05. The Kier molecular flexibility index (Phi) is 5.14. The smallest absolute Gasteiger partial charge is 0.252 e. The number of carbonyl (C=O) groups excluding carboxylic acids is 1. The number of pyridine rings is 1. The van der Waals surface area contributed by atoms with Gasteiger partial charge in [0.2, 0.25) is 0 Å². The van der Waals surface area contributed by atoms with Crippen molar-refractivity contribution in [2.24, 2.45) is 5.73 Å². The van der Waals surface area contributed by atoms with E-state index in [9.17, 15) is 4.79 Å². The summed E-state index contributed by atoms with van der Waals surface area (Å²) in [5.41, 5.74) is 14.0. The van der Waals surface area contributed by atoms with E-state index >= 15 is 0 Å². The van der Waals surface area contributed by atoms with Crippen LogP contribution in [-0.4, -0.2) is 24.5 Å². The number of carbonyl (C=O) groups is 1. The number of hydrogen-bond acceptors (Lipinski definition) is 6. The van der Waals surface area contributed by atoms with Gasteiger partial charge in [-0.3, -0.25) is 4.79 Å². The lowest BCUT2D eigenvalue weighted by molar-refractivity contribution is 0.100. The number of primary amides is 1. The fourth-order valence-corrected chi connectivity index (χ4v) is 2.90. The van der Waals surface area contributed by atoms with Gasteiger partial charge in [0, 0.05) is 29.3 Å². The van der Waals surface area contributed by atoms with E-state index in [1.54, 1.807) is 19.4 Å².